The smallest absolute Gasteiger partial charge is 0.360 e. The zero-order chi connectivity index (χ0) is 94.8. The summed E-state index contributed by atoms with van der Waals surface area (Å²) in [5.74, 6) is -1.58. The number of aryl methyl sites for hydroxylation is 4. The van der Waals surface area contributed by atoms with Gasteiger partial charge in [-0.15, -0.1) is 20.4 Å². The fourth-order valence-corrected chi connectivity index (χ4v) is 11.6. The van der Waals surface area contributed by atoms with E-state index < -0.39 is 23.2 Å². The molecule has 0 atom stereocenters. The van der Waals surface area contributed by atoms with E-state index in [1.807, 2.05) is 114 Å². The highest BCUT2D eigenvalue weighted by molar-refractivity contribution is 6.67. The molecule has 37 heteroatoms. The largest absolute Gasteiger partial charge is 0.493 e. The summed E-state index contributed by atoms with van der Waals surface area (Å²) in [6.45, 7) is 38.7. The van der Waals surface area contributed by atoms with Crippen LogP contribution >= 0.6 is 11.6 Å². The van der Waals surface area contributed by atoms with Gasteiger partial charge in [0.1, 0.15) is 0 Å². The van der Waals surface area contributed by atoms with E-state index in [1.54, 1.807) is 111 Å². The maximum absolute atomic E-state index is 13.1. The van der Waals surface area contributed by atoms with E-state index >= 15 is 0 Å². The number of carbonyl (C=O) groups excluding carboxylic acids is 7. The van der Waals surface area contributed by atoms with Gasteiger partial charge < -0.3 is 60.5 Å². The molecule has 8 heterocycles. The van der Waals surface area contributed by atoms with E-state index in [2.05, 4.69) is 133 Å². The van der Waals surface area contributed by atoms with Gasteiger partial charge in [0.25, 0.3) is 28.9 Å². The van der Waals surface area contributed by atoms with Crippen molar-refractivity contribution in [3.63, 3.8) is 0 Å². The Kier molecular flexibility index (Phi) is 32.3. The van der Waals surface area contributed by atoms with Crippen LogP contribution in [0.4, 0.5) is 22.7 Å². The molecule has 674 valence electrons. The molecular weight excluding hydrogens is 1660 g/mol. The quantitative estimate of drug-likeness (QED) is 0.0305. The number of hydrogen-bond acceptors (Lipinski definition) is 27. The number of esters is 2. The average molecular weight is 1770 g/mol. The number of rotatable bonds is 20. The van der Waals surface area contributed by atoms with E-state index in [0.717, 1.165) is 45.0 Å². The van der Waals surface area contributed by atoms with Crippen LogP contribution in [-0.4, -0.2) is 181 Å². The van der Waals surface area contributed by atoms with E-state index in [4.69, 9.17) is 41.4 Å². The number of nitrogens with two attached hydrogens (primary N) is 1. The van der Waals surface area contributed by atoms with Gasteiger partial charge in [0.2, 0.25) is 0 Å². The predicted octanol–water partition coefficient (Wildman–Crippen LogP) is 14.6. The molecule has 0 fully saturated rings. The van der Waals surface area contributed by atoms with Crippen molar-refractivity contribution >= 4 is 81.1 Å². The van der Waals surface area contributed by atoms with Crippen LogP contribution in [0, 0.1) is 33.1 Å². The van der Waals surface area contributed by atoms with E-state index in [1.165, 1.54) is 72.9 Å². The van der Waals surface area contributed by atoms with Gasteiger partial charge in [0.15, 0.2) is 45.8 Å². The van der Waals surface area contributed by atoms with E-state index in [9.17, 15) is 38.4 Å². The zero-order valence-corrected chi connectivity index (χ0v) is 77.1. The maximum atomic E-state index is 13.1. The molecule has 0 saturated heterocycles. The number of ether oxygens (including phenoxy) is 6. The van der Waals surface area contributed by atoms with Gasteiger partial charge in [0.05, 0.1) is 138 Å². The number of nitrogens with zero attached hydrogens (tertiary/aromatic N) is 16. The van der Waals surface area contributed by atoms with Crippen molar-refractivity contribution < 1.29 is 71.9 Å². The Morgan fingerprint density at radius 1 is 0.375 bits per heavy atom. The summed E-state index contributed by atoms with van der Waals surface area (Å²) in [6.07, 6.45) is 12.2. The highest BCUT2D eigenvalue weighted by Gasteiger charge is 2.27. The van der Waals surface area contributed by atoms with Crippen LogP contribution in [0.1, 0.15) is 232 Å². The van der Waals surface area contributed by atoms with Gasteiger partial charge >= 0.3 is 17.9 Å². The number of benzene rings is 4. The summed E-state index contributed by atoms with van der Waals surface area (Å²) >= 11 is 5.43. The summed E-state index contributed by atoms with van der Waals surface area (Å²) < 4.78 is 36.0. The summed E-state index contributed by atoms with van der Waals surface area (Å²) in [4.78, 5) is 114. The van der Waals surface area contributed by atoms with Crippen molar-refractivity contribution in [3.8, 4) is 45.7 Å². The number of carboxylic acids is 1. The number of methoxy groups -OCH3 is 6. The first kappa shape index (κ1) is 98.7. The van der Waals surface area contributed by atoms with Crippen molar-refractivity contribution in [1.29, 1.82) is 0 Å². The number of hydrogen-bond donors (Lipinski definition) is 6. The molecule has 0 aliphatic rings. The lowest BCUT2D eigenvalue weighted by atomic mass is 9.91. The van der Waals surface area contributed by atoms with Crippen LogP contribution < -0.4 is 45.9 Å². The van der Waals surface area contributed by atoms with Crippen molar-refractivity contribution in [2.45, 2.75) is 153 Å². The van der Waals surface area contributed by atoms with Crippen molar-refractivity contribution in [2.75, 3.05) is 70.9 Å². The third-order valence-corrected chi connectivity index (χ3v) is 19.2. The third-order valence-electron chi connectivity index (χ3n) is 19.0. The minimum atomic E-state index is -1.17. The predicted molar refractivity (Wildman–Crippen MR) is 482 cm³/mol. The lowest BCUT2D eigenvalue weighted by Gasteiger charge is -2.20. The highest BCUT2D eigenvalue weighted by Crippen LogP contribution is 2.35. The number of carboxylic acid groups (broad SMARTS) is 1. The number of pyridine rings is 4. The fourth-order valence-electron chi connectivity index (χ4n) is 11.5. The standard InChI is InChI=1S/C26H34N6O3.C22H25N5O4.C21H23N5O4.C12H10ClN3O3.C10H16N2O/c1-16-9-10-17(23(33)29-18-12-22(26(5,6)7)27-13-21(18)35-8)11-20(16)32-14-19(30-31-32)24(34)28-15-25(2,3)4;1-13-7-8-14(9-17(13)27-12-16(25-26-27)21(29)31-6)20(28)24-15-10-19(22(2,3)4)23-11-18(15)30-5;1-12-6-7-13(8-16(12)26-11-15(20(28)29)24-25-26)19(27)23-14-9-18(21(2,3)4)22-10-17(14)30-5;1-7-3-4-8(11(13)17)5-10(7)16-6-9(14-15-16)12(18)19-2;1-10(2,3)9-5-7(11)8(13-4)6-12-9/h9-14H,15H2,1-8H3,(H,28,34)(H,27,29,33);7-12H,1-6H3,(H,23,24,28);6-11H,1-5H3,(H,28,29)(H,22,23,27);3-6H,1-2H3;5-6H,1-4H3,(H2,11,12). The molecular formula is C91H108ClN21O15. The lowest BCUT2D eigenvalue weighted by Crippen LogP contribution is -2.32. The van der Waals surface area contributed by atoms with Crippen LogP contribution in [0.5, 0.6) is 23.0 Å². The molecule has 0 radical (unpaired) electrons. The normalized spacial score (nSPS) is 11.2. The third kappa shape index (κ3) is 26.2. The van der Waals surface area contributed by atoms with Crippen LogP contribution in [0.2, 0.25) is 0 Å². The molecule has 4 aromatic carbocycles. The summed E-state index contributed by atoms with van der Waals surface area (Å²) in [5, 5.41) is 51.0. The zero-order valence-electron chi connectivity index (χ0n) is 76.3. The molecule has 0 unspecified atom stereocenters. The molecule has 8 aromatic heterocycles. The Morgan fingerprint density at radius 3 is 0.922 bits per heavy atom. The number of anilines is 4. The van der Waals surface area contributed by atoms with Crippen molar-refractivity contribution in [2.24, 2.45) is 5.41 Å². The summed E-state index contributed by atoms with van der Waals surface area (Å²) in [7, 11) is 8.70. The number of halogens is 1. The number of nitrogens with one attached hydrogen (secondary N) is 4. The first-order chi connectivity index (χ1) is 60.0. The molecule has 4 amide bonds. The number of amides is 4. The second kappa shape index (κ2) is 41.9. The summed E-state index contributed by atoms with van der Waals surface area (Å²) in [6, 6.07) is 27.8. The van der Waals surface area contributed by atoms with Gasteiger partial charge in [-0.25, -0.2) is 33.1 Å². The van der Waals surface area contributed by atoms with Crippen LogP contribution in [-0.2, 0) is 31.1 Å². The van der Waals surface area contributed by atoms with E-state index in [-0.39, 0.29) is 73.5 Å². The summed E-state index contributed by atoms with van der Waals surface area (Å²) in [5.41, 5.74) is 18.4. The van der Waals surface area contributed by atoms with Crippen LogP contribution in [0.3, 0.4) is 0 Å². The lowest BCUT2D eigenvalue weighted by molar-refractivity contribution is 0.0585. The Labute approximate surface area is 746 Å². The topological polar surface area (TPSA) is 461 Å². The van der Waals surface area contributed by atoms with Crippen molar-refractivity contribution in [3.05, 3.63) is 237 Å². The van der Waals surface area contributed by atoms with E-state index in [0.29, 0.717) is 97.3 Å². The molecule has 0 spiro atoms. The Morgan fingerprint density at radius 2 is 0.648 bits per heavy atom. The van der Waals surface area contributed by atoms with Gasteiger partial charge in [-0.1, -0.05) is 149 Å². The number of nitrogen functional groups attached to an aromatic ring is 1. The Balaban J connectivity index is 0.000000204. The molecule has 0 saturated carbocycles. The first-order valence-corrected chi connectivity index (χ1v) is 40.3. The second-order valence-corrected chi connectivity index (χ2v) is 34.8. The fraction of sp³-hybridized carbons (Fsp3) is 0.341. The Bertz CT molecular complexity index is 6060. The Hall–Kier alpha value is -14.7. The molecule has 7 N–H and O–H groups in total. The minimum absolute atomic E-state index is 0.0282. The molecule has 0 aliphatic heterocycles. The SMILES string of the molecule is COC(=O)c1cn(-c2cc(C(=O)Cl)ccc2C)nn1.COC(=O)c1cn(-c2cc(C(=O)Nc3cc(C(C)(C)C)ncc3OC)ccc2C)nn1.COc1cnc(C(C)(C)C)cc1N.COc1cnc(C(C)(C)C)cc1NC(=O)c1ccc(C)c(-n2cc(C(=O)NCC(C)(C)C)nn2)c1.COc1cnc(C(C)(C)C)cc1NC(=O)c1ccc(C)c(-n2cc(C(=O)O)nn2)c1. The highest BCUT2D eigenvalue weighted by atomic mass is 35.5. The van der Waals surface area contributed by atoms with Gasteiger partial charge in [-0.3, -0.25) is 43.9 Å². The van der Waals surface area contributed by atoms with Crippen LogP contribution in [0.15, 0.2) is 147 Å². The first-order valence-electron chi connectivity index (χ1n) is 39.9. The molecule has 36 nitrogen and oxygen atoms in total. The molecule has 0 bridgehead atoms. The molecule has 0 aliphatic carbocycles. The van der Waals surface area contributed by atoms with Gasteiger partial charge in [-0.05, 0) is 140 Å². The average Bonchev–Trinajstić information content (AvgIpc) is 1.57. The van der Waals surface area contributed by atoms with Crippen molar-refractivity contribution in [1.82, 2.24) is 85.2 Å². The molecule has 12 aromatic rings. The molecule has 128 heavy (non-hydrogen) atoms. The second-order valence-electron chi connectivity index (χ2n) is 34.5. The van der Waals surface area contributed by atoms with Gasteiger partial charge in [-0.2, -0.15) is 0 Å². The number of aromatic carboxylic acids is 1. The maximum Gasteiger partial charge on any atom is 0.360 e. The number of aromatic nitrogens is 16. The minimum Gasteiger partial charge on any atom is -0.493 e. The van der Waals surface area contributed by atoms with Gasteiger partial charge in [0, 0.05) is 73.2 Å². The number of carbonyl (C=O) groups is 8. The monoisotopic (exact) mass is 1770 g/mol. The molecule has 12 rings (SSSR count). The van der Waals surface area contributed by atoms with Crippen LogP contribution in [0.25, 0.3) is 22.7 Å².